The number of aliphatic imine (C=N–C) groups is 1. The van der Waals surface area contributed by atoms with Gasteiger partial charge in [0.25, 0.3) is 0 Å². The molecule has 0 aliphatic carbocycles. The summed E-state index contributed by atoms with van der Waals surface area (Å²) >= 11 is 0. The first-order valence-electron chi connectivity index (χ1n) is 9.32. The van der Waals surface area contributed by atoms with E-state index in [9.17, 15) is 8.42 Å². The first-order valence-corrected chi connectivity index (χ1v) is 11.2. The highest BCUT2D eigenvalue weighted by molar-refractivity contribution is 7.90. The van der Waals surface area contributed by atoms with Gasteiger partial charge in [0.2, 0.25) is 0 Å². The number of nitrogens with one attached hydrogen (secondary N) is 2. The molecule has 0 saturated heterocycles. The minimum atomic E-state index is -3.19. The molecule has 6 nitrogen and oxygen atoms in total. The third-order valence-corrected chi connectivity index (χ3v) is 5.51. The van der Waals surface area contributed by atoms with Crippen LogP contribution in [0.15, 0.2) is 58.4 Å². The SMILES string of the molecule is CCc1ccc(C(C)NC(=NC)NCCOc2ccc(S(C)(=O)=O)cc2)cc1. The van der Waals surface area contributed by atoms with E-state index in [-0.39, 0.29) is 10.9 Å². The molecule has 0 bridgehead atoms. The molecule has 0 amide bonds. The summed E-state index contributed by atoms with van der Waals surface area (Å²) in [6, 6.07) is 15.1. The highest BCUT2D eigenvalue weighted by atomic mass is 32.2. The normalized spacial score (nSPS) is 13.1. The van der Waals surface area contributed by atoms with Gasteiger partial charge >= 0.3 is 0 Å². The smallest absolute Gasteiger partial charge is 0.191 e. The molecule has 0 fully saturated rings. The molecule has 152 valence electrons. The second-order valence-electron chi connectivity index (χ2n) is 6.55. The number of ether oxygens (including phenoxy) is 1. The van der Waals surface area contributed by atoms with Crippen molar-refractivity contribution in [2.24, 2.45) is 4.99 Å². The summed E-state index contributed by atoms with van der Waals surface area (Å²) in [4.78, 5) is 4.52. The van der Waals surface area contributed by atoms with Gasteiger partial charge in [0, 0.05) is 13.3 Å². The molecule has 2 aromatic carbocycles. The number of hydrogen-bond donors (Lipinski definition) is 2. The maximum atomic E-state index is 11.5. The molecular weight excluding hydrogens is 374 g/mol. The quantitative estimate of drug-likeness (QED) is 0.402. The number of sulfone groups is 1. The molecule has 1 unspecified atom stereocenters. The lowest BCUT2D eigenvalue weighted by molar-refractivity contribution is 0.321. The maximum Gasteiger partial charge on any atom is 0.191 e. The summed E-state index contributed by atoms with van der Waals surface area (Å²) in [5.41, 5.74) is 2.52. The van der Waals surface area contributed by atoms with Gasteiger partial charge in [-0.05, 0) is 48.7 Å². The summed E-state index contributed by atoms with van der Waals surface area (Å²) in [6.07, 6.45) is 2.22. The average molecular weight is 404 g/mol. The van der Waals surface area contributed by atoms with Crippen LogP contribution in [0.3, 0.4) is 0 Å². The summed E-state index contributed by atoms with van der Waals surface area (Å²) in [7, 11) is -1.46. The van der Waals surface area contributed by atoms with Crippen molar-refractivity contribution in [3.63, 3.8) is 0 Å². The van der Waals surface area contributed by atoms with E-state index >= 15 is 0 Å². The van der Waals surface area contributed by atoms with Crippen molar-refractivity contribution in [2.75, 3.05) is 26.5 Å². The zero-order valence-electron chi connectivity index (χ0n) is 16.9. The van der Waals surface area contributed by atoms with Crippen LogP contribution in [-0.4, -0.2) is 40.8 Å². The molecule has 0 radical (unpaired) electrons. The van der Waals surface area contributed by atoms with Crippen LogP contribution in [0.5, 0.6) is 5.75 Å². The van der Waals surface area contributed by atoms with Crippen LogP contribution in [-0.2, 0) is 16.3 Å². The summed E-state index contributed by atoms with van der Waals surface area (Å²) in [6.45, 7) is 5.23. The second kappa shape index (κ2) is 10.1. The van der Waals surface area contributed by atoms with Crippen molar-refractivity contribution in [2.45, 2.75) is 31.2 Å². The Bertz CT molecular complexity index is 876. The topological polar surface area (TPSA) is 79.8 Å². The van der Waals surface area contributed by atoms with Crippen molar-refractivity contribution in [3.05, 3.63) is 59.7 Å². The fourth-order valence-electron chi connectivity index (χ4n) is 2.65. The van der Waals surface area contributed by atoms with Crippen molar-refractivity contribution in [1.82, 2.24) is 10.6 Å². The van der Waals surface area contributed by atoms with Gasteiger partial charge in [0.15, 0.2) is 15.8 Å². The molecule has 0 aromatic heterocycles. The zero-order chi connectivity index (χ0) is 20.6. The fourth-order valence-corrected chi connectivity index (χ4v) is 3.28. The summed E-state index contributed by atoms with van der Waals surface area (Å²) in [5.74, 6) is 1.32. The Kier molecular flexibility index (Phi) is 7.87. The lowest BCUT2D eigenvalue weighted by Crippen LogP contribution is -2.40. The predicted octanol–water partition coefficient (Wildman–Crippen LogP) is 2.96. The van der Waals surface area contributed by atoms with Crippen molar-refractivity contribution in [3.8, 4) is 5.75 Å². The average Bonchev–Trinajstić information content (AvgIpc) is 2.69. The lowest BCUT2D eigenvalue weighted by Gasteiger charge is -2.18. The molecule has 0 aliphatic heterocycles. The van der Waals surface area contributed by atoms with E-state index < -0.39 is 9.84 Å². The van der Waals surface area contributed by atoms with Crippen LogP contribution in [0.25, 0.3) is 0 Å². The molecule has 7 heteroatoms. The Hall–Kier alpha value is -2.54. The molecule has 0 heterocycles. The maximum absolute atomic E-state index is 11.5. The molecule has 2 rings (SSSR count). The van der Waals surface area contributed by atoms with E-state index in [1.165, 1.54) is 17.4 Å². The van der Waals surface area contributed by atoms with Crippen molar-refractivity contribution < 1.29 is 13.2 Å². The highest BCUT2D eigenvalue weighted by Gasteiger charge is 2.08. The van der Waals surface area contributed by atoms with E-state index in [2.05, 4.69) is 53.7 Å². The van der Waals surface area contributed by atoms with Crippen LogP contribution < -0.4 is 15.4 Å². The Balaban J connectivity index is 1.79. The molecule has 2 aromatic rings. The number of rotatable bonds is 8. The molecule has 1 atom stereocenters. The Morgan fingerprint density at radius 3 is 2.29 bits per heavy atom. The van der Waals surface area contributed by atoms with Crippen LogP contribution in [0.4, 0.5) is 0 Å². The number of hydrogen-bond acceptors (Lipinski definition) is 4. The summed E-state index contributed by atoms with van der Waals surface area (Å²) in [5, 5.41) is 6.58. The molecule has 2 N–H and O–H groups in total. The number of nitrogens with zero attached hydrogens (tertiary/aromatic N) is 1. The Labute approximate surface area is 168 Å². The standard InChI is InChI=1S/C21H29N3O3S/c1-5-17-6-8-18(9-7-17)16(2)24-21(22-3)23-14-15-27-19-10-12-20(13-11-19)28(4,25)26/h6-13,16H,5,14-15H2,1-4H3,(H2,22,23,24). The highest BCUT2D eigenvalue weighted by Crippen LogP contribution is 2.16. The Morgan fingerprint density at radius 2 is 1.75 bits per heavy atom. The third kappa shape index (κ3) is 6.56. The van der Waals surface area contributed by atoms with E-state index in [4.69, 9.17) is 4.74 Å². The predicted molar refractivity (Wildman–Crippen MR) is 114 cm³/mol. The van der Waals surface area contributed by atoms with Gasteiger partial charge in [-0.1, -0.05) is 31.2 Å². The van der Waals surface area contributed by atoms with Gasteiger partial charge in [-0.15, -0.1) is 0 Å². The second-order valence-corrected chi connectivity index (χ2v) is 8.57. The van der Waals surface area contributed by atoms with Crippen LogP contribution in [0, 0.1) is 0 Å². The van der Waals surface area contributed by atoms with Gasteiger partial charge in [0.1, 0.15) is 12.4 Å². The van der Waals surface area contributed by atoms with Crippen LogP contribution in [0.1, 0.15) is 31.0 Å². The van der Waals surface area contributed by atoms with Gasteiger partial charge < -0.3 is 15.4 Å². The van der Waals surface area contributed by atoms with Gasteiger partial charge in [0.05, 0.1) is 17.5 Å². The van der Waals surface area contributed by atoms with Crippen molar-refractivity contribution >= 4 is 15.8 Å². The third-order valence-electron chi connectivity index (χ3n) is 4.38. The van der Waals surface area contributed by atoms with Gasteiger partial charge in [-0.2, -0.15) is 0 Å². The number of aryl methyl sites for hydroxylation is 1. The minimum absolute atomic E-state index is 0.126. The number of benzene rings is 2. The molecule has 0 aliphatic rings. The van der Waals surface area contributed by atoms with E-state index in [1.807, 2.05) is 0 Å². The fraction of sp³-hybridized carbons (Fsp3) is 0.381. The molecule has 0 spiro atoms. The molecule has 28 heavy (non-hydrogen) atoms. The van der Waals surface area contributed by atoms with Gasteiger partial charge in [-0.3, -0.25) is 4.99 Å². The molecule has 0 saturated carbocycles. The Morgan fingerprint density at radius 1 is 1.11 bits per heavy atom. The van der Waals surface area contributed by atoms with Crippen molar-refractivity contribution in [1.29, 1.82) is 0 Å². The van der Waals surface area contributed by atoms with E-state index in [0.29, 0.717) is 24.9 Å². The van der Waals surface area contributed by atoms with E-state index in [0.717, 1.165) is 6.42 Å². The lowest BCUT2D eigenvalue weighted by atomic mass is 10.1. The minimum Gasteiger partial charge on any atom is -0.492 e. The zero-order valence-corrected chi connectivity index (χ0v) is 17.7. The largest absolute Gasteiger partial charge is 0.492 e. The van der Waals surface area contributed by atoms with Gasteiger partial charge in [-0.25, -0.2) is 8.42 Å². The van der Waals surface area contributed by atoms with Crippen LogP contribution >= 0.6 is 0 Å². The first kappa shape index (κ1) is 21.8. The molecular formula is C21H29N3O3S. The first-order chi connectivity index (χ1) is 13.3. The number of guanidine groups is 1. The monoisotopic (exact) mass is 403 g/mol. The summed E-state index contributed by atoms with van der Waals surface area (Å²) < 4.78 is 28.6. The van der Waals surface area contributed by atoms with E-state index in [1.54, 1.807) is 31.3 Å². The van der Waals surface area contributed by atoms with Crippen LogP contribution in [0.2, 0.25) is 0 Å².